The molecule has 112 valence electrons. The SMILES string of the molecule is CC1CN(C2(CN)CSCC(C)(C)C2)CC1N(C)C. The minimum atomic E-state index is 0.228. The summed E-state index contributed by atoms with van der Waals surface area (Å²) in [6.45, 7) is 10.4. The lowest BCUT2D eigenvalue weighted by molar-refractivity contribution is 0.0842. The number of hydrogen-bond acceptors (Lipinski definition) is 4. The van der Waals surface area contributed by atoms with Gasteiger partial charge in [0.1, 0.15) is 0 Å². The Morgan fingerprint density at radius 3 is 2.42 bits per heavy atom. The lowest BCUT2D eigenvalue weighted by Crippen LogP contribution is -2.59. The molecule has 2 aliphatic heterocycles. The van der Waals surface area contributed by atoms with Gasteiger partial charge < -0.3 is 10.6 Å². The van der Waals surface area contributed by atoms with Gasteiger partial charge in [-0.05, 0) is 37.6 Å². The first-order valence-electron chi connectivity index (χ1n) is 7.49. The molecule has 3 atom stereocenters. The first-order valence-corrected chi connectivity index (χ1v) is 8.64. The number of rotatable bonds is 3. The Balaban J connectivity index is 2.14. The van der Waals surface area contributed by atoms with E-state index in [-0.39, 0.29) is 5.54 Å². The molecule has 0 saturated carbocycles. The van der Waals surface area contributed by atoms with Crippen LogP contribution in [0.4, 0.5) is 0 Å². The second-order valence-corrected chi connectivity index (χ2v) is 8.66. The van der Waals surface area contributed by atoms with Crippen molar-refractivity contribution in [2.24, 2.45) is 17.1 Å². The van der Waals surface area contributed by atoms with Crippen molar-refractivity contribution in [1.82, 2.24) is 9.80 Å². The normalized spacial score (nSPS) is 39.9. The summed E-state index contributed by atoms with van der Waals surface area (Å²) in [6, 6.07) is 0.679. The molecule has 0 aromatic heterocycles. The molecular weight excluding hydrogens is 254 g/mol. The summed E-state index contributed by atoms with van der Waals surface area (Å²) in [5, 5.41) is 0. The monoisotopic (exact) mass is 285 g/mol. The fraction of sp³-hybridized carbons (Fsp3) is 1.00. The summed E-state index contributed by atoms with van der Waals surface area (Å²) < 4.78 is 0. The highest BCUT2D eigenvalue weighted by molar-refractivity contribution is 7.99. The van der Waals surface area contributed by atoms with Gasteiger partial charge in [0.25, 0.3) is 0 Å². The van der Waals surface area contributed by atoms with Gasteiger partial charge >= 0.3 is 0 Å². The predicted molar refractivity (Wildman–Crippen MR) is 85.7 cm³/mol. The second kappa shape index (κ2) is 5.55. The molecule has 4 heteroatoms. The quantitative estimate of drug-likeness (QED) is 0.856. The molecule has 3 nitrogen and oxygen atoms in total. The highest BCUT2D eigenvalue weighted by atomic mass is 32.2. The van der Waals surface area contributed by atoms with Crippen LogP contribution in [-0.2, 0) is 0 Å². The topological polar surface area (TPSA) is 32.5 Å². The average molecular weight is 286 g/mol. The third kappa shape index (κ3) is 3.12. The summed E-state index contributed by atoms with van der Waals surface area (Å²) in [5.74, 6) is 3.23. The third-order valence-electron chi connectivity index (χ3n) is 4.96. The van der Waals surface area contributed by atoms with Gasteiger partial charge in [-0.2, -0.15) is 11.8 Å². The van der Waals surface area contributed by atoms with Crippen LogP contribution in [0.3, 0.4) is 0 Å². The van der Waals surface area contributed by atoms with Crippen molar-refractivity contribution in [2.75, 3.05) is 45.2 Å². The zero-order chi connectivity index (χ0) is 14.3. The van der Waals surface area contributed by atoms with Crippen LogP contribution in [0.25, 0.3) is 0 Å². The van der Waals surface area contributed by atoms with Crippen LogP contribution >= 0.6 is 11.8 Å². The number of nitrogens with zero attached hydrogens (tertiary/aromatic N) is 2. The van der Waals surface area contributed by atoms with Crippen LogP contribution < -0.4 is 5.73 Å². The van der Waals surface area contributed by atoms with E-state index in [4.69, 9.17) is 5.73 Å². The van der Waals surface area contributed by atoms with Crippen molar-refractivity contribution in [3.63, 3.8) is 0 Å². The summed E-state index contributed by atoms with van der Waals surface area (Å²) in [7, 11) is 4.42. The Hall–Kier alpha value is 0.230. The molecule has 2 rings (SSSR count). The predicted octanol–water partition coefficient (Wildman–Crippen LogP) is 1.73. The lowest BCUT2D eigenvalue weighted by atomic mass is 9.79. The van der Waals surface area contributed by atoms with E-state index < -0.39 is 0 Å². The highest BCUT2D eigenvalue weighted by Crippen LogP contribution is 2.43. The molecule has 0 radical (unpaired) electrons. The summed E-state index contributed by atoms with van der Waals surface area (Å²) >= 11 is 2.10. The number of likely N-dealkylation sites (N-methyl/N-ethyl adjacent to an activating group) is 1. The molecule has 0 aliphatic carbocycles. The van der Waals surface area contributed by atoms with E-state index in [0.29, 0.717) is 11.5 Å². The van der Waals surface area contributed by atoms with Crippen molar-refractivity contribution in [1.29, 1.82) is 0 Å². The zero-order valence-corrected chi connectivity index (χ0v) is 14.1. The van der Waals surface area contributed by atoms with Crippen molar-refractivity contribution < 1.29 is 0 Å². The third-order valence-corrected chi connectivity index (χ3v) is 6.68. The van der Waals surface area contributed by atoms with E-state index in [1.165, 1.54) is 31.0 Å². The first kappa shape index (κ1) is 15.6. The van der Waals surface area contributed by atoms with Gasteiger partial charge in [-0.3, -0.25) is 4.90 Å². The zero-order valence-electron chi connectivity index (χ0n) is 13.3. The van der Waals surface area contributed by atoms with Crippen LogP contribution in [0.15, 0.2) is 0 Å². The number of likely N-dealkylation sites (tertiary alicyclic amines) is 1. The first-order chi connectivity index (χ1) is 8.80. The van der Waals surface area contributed by atoms with Crippen LogP contribution in [0.1, 0.15) is 27.2 Å². The van der Waals surface area contributed by atoms with E-state index >= 15 is 0 Å². The molecular formula is C15H31N3S. The van der Waals surface area contributed by atoms with Crippen LogP contribution in [0.5, 0.6) is 0 Å². The van der Waals surface area contributed by atoms with Gasteiger partial charge in [-0.1, -0.05) is 20.8 Å². The van der Waals surface area contributed by atoms with E-state index in [9.17, 15) is 0 Å². The highest BCUT2D eigenvalue weighted by Gasteiger charge is 2.47. The van der Waals surface area contributed by atoms with Crippen LogP contribution in [-0.4, -0.2) is 66.6 Å². The smallest absolute Gasteiger partial charge is 0.0428 e. The van der Waals surface area contributed by atoms with Gasteiger partial charge in [0.2, 0.25) is 0 Å². The largest absolute Gasteiger partial charge is 0.329 e. The molecule has 0 aromatic carbocycles. The second-order valence-electron chi connectivity index (χ2n) is 7.68. The van der Waals surface area contributed by atoms with Gasteiger partial charge in [0.05, 0.1) is 0 Å². The van der Waals surface area contributed by atoms with E-state index in [1.807, 2.05) is 0 Å². The number of thioether (sulfide) groups is 1. The lowest BCUT2D eigenvalue weighted by Gasteiger charge is -2.49. The Morgan fingerprint density at radius 2 is 1.95 bits per heavy atom. The molecule has 19 heavy (non-hydrogen) atoms. The Labute approximate surface area is 123 Å². The van der Waals surface area contributed by atoms with E-state index in [1.54, 1.807) is 0 Å². The van der Waals surface area contributed by atoms with Gasteiger partial charge in [-0.15, -0.1) is 0 Å². The molecule has 0 bridgehead atoms. The molecule has 0 aromatic rings. The van der Waals surface area contributed by atoms with Gasteiger partial charge in [-0.25, -0.2) is 0 Å². The summed E-state index contributed by atoms with van der Waals surface area (Å²) in [5.41, 5.74) is 6.88. The molecule has 2 fully saturated rings. The number of nitrogens with two attached hydrogens (primary N) is 1. The average Bonchev–Trinajstić information content (AvgIpc) is 2.70. The molecule has 2 aliphatic rings. The Kier molecular flexibility index (Phi) is 4.56. The van der Waals surface area contributed by atoms with Crippen LogP contribution in [0, 0.1) is 11.3 Å². The van der Waals surface area contributed by atoms with Crippen molar-refractivity contribution in [3.05, 3.63) is 0 Å². The van der Waals surface area contributed by atoms with Crippen molar-refractivity contribution in [2.45, 2.75) is 38.8 Å². The van der Waals surface area contributed by atoms with Crippen LogP contribution in [0.2, 0.25) is 0 Å². The standard InChI is InChI=1S/C15H31N3S/c1-12-6-18(7-13(12)17(4)5)15(9-16)8-14(2,3)10-19-11-15/h12-13H,6-11,16H2,1-5H3. The molecule has 0 spiro atoms. The fourth-order valence-corrected chi connectivity index (χ4v) is 5.52. The Bertz CT molecular complexity index is 319. The van der Waals surface area contributed by atoms with E-state index in [0.717, 1.165) is 12.5 Å². The van der Waals surface area contributed by atoms with E-state index in [2.05, 4.69) is 56.4 Å². The van der Waals surface area contributed by atoms with Crippen molar-refractivity contribution in [3.8, 4) is 0 Å². The van der Waals surface area contributed by atoms with Crippen molar-refractivity contribution >= 4 is 11.8 Å². The molecule has 3 unspecified atom stereocenters. The van der Waals surface area contributed by atoms with Gasteiger partial charge in [0.15, 0.2) is 0 Å². The Morgan fingerprint density at radius 1 is 1.26 bits per heavy atom. The maximum Gasteiger partial charge on any atom is 0.0428 e. The fourth-order valence-electron chi connectivity index (χ4n) is 3.98. The molecule has 2 N–H and O–H groups in total. The number of hydrogen-bond donors (Lipinski definition) is 1. The molecule has 2 saturated heterocycles. The van der Waals surface area contributed by atoms with Gasteiger partial charge in [0, 0.05) is 37.0 Å². The minimum Gasteiger partial charge on any atom is -0.329 e. The molecule has 2 heterocycles. The minimum absolute atomic E-state index is 0.228. The summed E-state index contributed by atoms with van der Waals surface area (Å²) in [6.07, 6.45) is 1.25. The summed E-state index contributed by atoms with van der Waals surface area (Å²) in [4.78, 5) is 5.09. The maximum absolute atomic E-state index is 6.24. The molecule has 0 amide bonds. The maximum atomic E-state index is 6.24.